The average molecular weight is 522 g/mol. The maximum atomic E-state index is 12.3. The van der Waals surface area contributed by atoms with Gasteiger partial charge in [0.05, 0.1) is 28.8 Å². The first-order valence-electron chi connectivity index (χ1n) is 12.5. The summed E-state index contributed by atoms with van der Waals surface area (Å²) in [6, 6.07) is 20.1. The van der Waals surface area contributed by atoms with E-state index in [1.807, 2.05) is 54.6 Å². The highest BCUT2D eigenvalue weighted by Gasteiger charge is 2.33. The smallest absolute Gasteiger partial charge is 0.303 e. The number of aromatic nitrogens is 4. The van der Waals surface area contributed by atoms with E-state index in [2.05, 4.69) is 19.9 Å². The summed E-state index contributed by atoms with van der Waals surface area (Å²) in [5, 5.41) is 8.84. The van der Waals surface area contributed by atoms with Gasteiger partial charge in [0.2, 0.25) is 0 Å². The van der Waals surface area contributed by atoms with Gasteiger partial charge in [-0.1, -0.05) is 30.7 Å². The molecule has 0 bridgehead atoms. The van der Waals surface area contributed by atoms with Gasteiger partial charge in [0.1, 0.15) is 0 Å². The molecule has 5 heterocycles. The van der Waals surface area contributed by atoms with Gasteiger partial charge >= 0.3 is 5.97 Å². The minimum atomic E-state index is -0.864. The Balaban J connectivity index is 0.000000243. The van der Waals surface area contributed by atoms with Crippen molar-refractivity contribution in [2.24, 2.45) is 0 Å². The van der Waals surface area contributed by atoms with Crippen LogP contribution in [-0.4, -0.2) is 47.7 Å². The number of carbonyl (C=O) groups is 3. The second-order valence-electron chi connectivity index (χ2n) is 8.62. The molecule has 39 heavy (non-hydrogen) atoms. The maximum Gasteiger partial charge on any atom is 0.303 e. The Labute approximate surface area is 225 Å². The number of carbonyl (C=O) groups excluding carboxylic acids is 2. The normalized spacial score (nSPS) is 13.1. The van der Waals surface area contributed by atoms with Gasteiger partial charge in [-0.2, -0.15) is 0 Å². The van der Waals surface area contributed by atoms with Crippen LogP contribution in [0.25, 0.3) is 22.8 Å². The second-order valence-corrected chi connectivity index (χ2v) is 8.62. The van der Waals surface area contributed by atoms with Crippen LogP contribution in [0.3, 0.4) is 0 Å². The van der Waals surface area contributed by atoms with Gasteiger partial charge in [-0.15, -0.1) is 0 Å². The predicted octanol–water partition coefficient (Wildman–Crippen LogP) is 4.90. The summed E-state index contributed by atoms with van der Waals surface area (Å²) >= 11 is 0. The molecule has 1 aliphatic rings. The van der Waals surface area contributed by atoms with Crippen LogP contribution >= 0.6 is 0 Å². The largest absolute Gasteiger partial charge is 0.481 e. The van der Waals surface area contributed by atoms with Crippen molar-refractivity contribution in [3.05, 3.63) is 109 Å². The number of rotatable bonds is 9. The highest BCUT2D eigenvalue weighted by Crippen LogP contribution is 2.34. The molecule has 4 aromatic rings. The number of aliphatic carboxylic acids is 1. The zero-order valence-electron chi connectivity index (χ0n) is 21.1. The van der Waals surface area contributed by atoms with Crippen molar-refractivity contribution in [3.8, 4) is 22.8 Å². The summed E-state index contributed by atoms with van der Waals surface area (Å²) < 4.78 is 0. The van der Waals surface area contributed by atoms with E-state index in [9.17, 15) is 14.4 Å². The molecule has 1 atom stereocenters. The number of amides is 2. The van der Waals surface area contributed by atoms with Gasteiger partial charge in [-0.05, 0) is 55.3 Å². The molecule has 0 aliphatic carbocycles. The van der Waals surface area contributed by atoms with Gasteiger partial charge in [0.25, 0.3) is 11.8 Å². The van der Waals surface area contributed by atoms with Crippen molar-refractivity contribution in [3.63, 3.8) is 0 Å². The number of unbranched alkanes of at least 4 members (excludes halogenated alkanes) is 1. The Kier molecular flexibility index (Phi) is 9.33. The summed E-state index contributed by atoms with van der Waals surface area (Å²) in [4.78, 5) is 53.7. The molecular weight excluding hydrogens is 494 g/mol. The molecular formula is C30H27N5O4. The van der Waals surface area contributed by atoms with E-state index in [1.54, 1.807) is 36.9 Å². The zero-order chi connectivity index (χ0) is 27.5. The molecule has 0 saturated heterocycles. The molecule has 196 valence electrons. The van der Waals surface area contributed by atoms with Crippen molar-refractivity contribution in [2.75, 3.05) is 0 Å². The molecule has 0 radical (unpaired) electrons. The Morgan fingerprint density at radius 2 is 1.23 bits per heavy atom. The first-order chi connectivity index (χ1) is 19.0. The van der Waals surface area contributed by atoms with Crippen molar-refractivity contribution in [1.29, 1.82) is 0 Å². The Morgan fingerprint density at radius 1 is 0.692 bits per heavy atom. The fourth-order valence-corrected chi connectivity index (χ4v) is 4.19. The summed E-state index contributed by atoms with van der Waals surface area (Å²) in [5.74, 6) is -1.62. The average Bonchev–Trinajstić information content (AvgIpc) is 3.32. The van der Waals surface area contributed by atoms with Crippen LogP contribution in [0.1, 0.15) is 37.3 Å². The van der Waals surface area contributed by atoms with Gasteiger partial charge in [-0.3, -0.25) is 39.2 Å². The SMILES string of the molecule is O=C(O)CCCCC(c1cccnc1-c1ccccn1)N1C(=O)C=CC1=O.c1ccc(-c2ccccn2)nc1. The van der Waals surface area contributed by atoms with E-state index in [1.165, 1.54) is 17.1 Å². The molecule has 4 aromatic heterocycles. The Bertz CT molecular complexity index is 1370. The van der Waals surface area contributed by atoms with E-state index in [-0.39, 0.29) is 18.2 Å². The lowest BCUT2D eigenvalue weighted by Gasteiger charge is -2.28. The number of imide groups is 1. The third kappa shape index (κ3) is 7.26. The fraction of sp³-hybridized carbons (Fsp3) is 0.167. The van der Waals surface area contributed by atoms with E-state index in [0.717, 1.165) is 17.0 Å². The zero-order valence-corrected chi connectivity index (χ0v) is 21.1. The predicted molar refractivity (Wildman–Crippen MR) is 145 cm³/mol. The summed E-state index contributed by atoms with van der Waals surface area (Å²) in [7, 11) is 0. The molecule has 0 fully saturated rings. The monoisotopic (exact) mass is 521 g/mol. The number of carboxylic acid groups (broad SMARTS) is 1. The van der Waals surface area contributed by atoms with Crippen molar-refractivity contribution in [2.45, 2.75) is 31.7 Å². The molecule has 2 amide bonds. The highest BCUT2D eigenvalue weighted by atomic mass is 16.4. The van der Waals surface area contributed by atoms with E-state index in [0.29, 0.717) is 30.7 Å². The first kappa shape index (κ1) is 27.0. The summed E-state index contributed by atoms with van der Waals surface area (Å²) in [6.45, 7) is 0. The van der Waals surface area contributed by atoms with Crippen LogP contribution in [0.5, 0.6) is 0 Å². The third-order valence-electron chi connectivity index (χ3n) is 5.97. The van der Waals surface area contributed by atoms with Gasteiger partial charge in [0, 0.05) is 48.9 Å². The van der Waals surface area contributed by atoms with Crippen molar-refractivity contribution < 1.29 is 19.5 Å². The third-order valence-corrected chi connectivity index (χ3v) is 5.97. The summed E-state index contributed by atoms with van der Waals surface area (Å²) in [6.07, 6.45) is 10.9. The number of hydrogen-bond acceptors (Lipinski definition) is 7. The molecule has 1 aliphatic heterocycles. The second kappa shape index (κ2) is 13.5. The van der Waals surface area contributed by atoms with E-state index >= 15 is 0 Å². The number of pyridine rings is 4. The molecule has 0 saturated carbocycles. The van der Waals surface area contributed by atoms with Crippen LogP contribution in [0, 0.1) is 0 Å². The fourth-order valence-electron chi connectivity index (χ4n) is 4.19. The van der Waals surface area contributed by atoms with Crippen LogP contribution < -0.4 is 0 Å². The van der Waals surface area contributed by atoms with Crippen molar-refractivity contribution >= 4 is 17.8 Å². The van der Waals surface area contributed by atoms with Gasteiger partial charge in [-0.25, -0.2) is 0 Å². The lowest BCUT2D eigenvalue weighted by molar-refractivity contribution is -0.140. The lowest BCUT2D eigenvalue weighted by atomic mass is 9.96. The topological polar surface area (TPSA) is 126 Å². The van der Waals surface area contributed by atoms with Crippen LogP contribution in [-0.2, 0) is 14.4 Å². The lowest BCUT2D eigenvalue weighted by Crippen LogP contribution is -2.34. The number of hydrogen-bond donors (Lipinski definition) is 1. The Hall–Kier alpha value is -5.05. The van der Waals surface area contributed by atoms with Gasteiger partial charge in [0.15, 0.2) is 0 Å². The Morgan fingerprint density at radius 3 is 1.74 bits per heavy atom. The molecule has 0 aromatic carbocycles. The first-order valence-corrected chi connectivity index (χ1v) is 12.5. The maximum absolute atomic E-state index is 12.3. The molecule has 1 N–H and O–H groups in total. The van der Waals surface area contributed by atoms with Crippen LogP contribution in [0.2, 0.25) is 0 Å². The molecule has 0 spiro atoms. The molecule has 9 nitrogen and oxygen atoms in total. The molecule has 9 heteroatoms. The minimum Gasteiger partial charge on any atom is -0.481 e. The van der Waals surface area contributed by atoms with Crippen LogP contribution in [0.15, 0.2) is 104 Å². The highest BCUT2D eigenvalue weighted by molar-refractivity contribution is 6.13. The van der Waals surface area contributed by atoms with E-state index < -0.39 is 12.0 Å². The molecule has 1 unspecified atom stereocenters. The standard InChI is InChI=1S/C20H19N3O4.C10H8N2/c24-17-10-11-18(25)23(17)16(8-1-2-9-19(26)27)14-6-5-13-22-20(14)15-7-3-4-12-21-15;1-3-7-11-9(5-1)10-6-2-4-8-12-10/h3-7,10-13,16H,1-2,8-9H2,(H,26,27);1-8H. The number of carboxylic acids is 1. The number of nitrogens with zero attached hydrogens (tertiary/aromatic N) is 5. The summed E-state index contributed by atoms with van der Waals surface area (Å²) in [5.41, 5.74) is 3.80. The van der Waals surface area contributed by atoms with Gasteiger partial charge < -0.3 is 5.11 Å². The van der Waals surface area contributed by atoms with Crippen molar-refractivity contribution in [1.82, 2.24) is 24.8 Å². The van der Waals surface area contributed by atoms with Crippen LogP contribution in [0.4, 0.5) is 0 Å². The minimum absolute atomic E-state index is 0.0486. The quantitative estimate of drug-likeness (QED) is 0.243. The molecule has 5 rings (SSSR count). The van der Waals surface area contributed by atoms with E-state index in [4.69, 9.17) is 5.11 Å².